The van der Waals surface area contributed by atoms with Gasteiger partial charge in [0.05, 0.1) is 46.0 Å². The van der Waals surface area contributed by atoms with E-state index in [0.29, 0.717) is 17.1 Å². The standard InChI is InChI=1S/C19H23F2N5O4/c1-22-18(28)15-10-25(24-23-15)9-13-8-19(20,21)11-26(13)17(27)7-12-6-14(29-2)4-5-16(12)30-3/h4-6,10,13H,7-9,11H2,1-3H3,(H,22,28)/t13-/m0/s1. The van der Waals surface area contributed by atoms with Crippen LogP contribution >= 0.6 is 0 Å². The Morgan fingerprint density at radius 3 is 2.73 bits per heavy atom. The number of carbonyl (C=O) groups excluding carboxylic acids is 2. The van der Waals surface area contributed by atoms with Gasteiger partial charge >= 0.3 is 0 Å². The first-order valence-electron chi connectivity index (χ1n) is 9.26. The summed E-state index contributed by atoms with van der Waals surface area (Å²) < 4.78 is 40.0. The average Bonchev–Trinajstić information content (AvgIpc) is 3.31. The fraction of sp³-hybridized carbons (Fsp3) is 0.474. The van der Waals surface area contributed by atoms with E-state index in [2.05, 4.69) is 15.6 Å². The van der Waals surface area contributed by atoms with Gasteiger partial charge in [-0.3, -0.25) is 9.59 Å². The number of benzene rings is 1. The van der Waals surface area contributed by atoms with Gasteiger partial charge in [0.1, 0.15) is 11.5 Å². The van der Waals surface area contributed by atoms with Crippen molar-refractivity contribution in [2.45, 2.75) is 31.4 Å². The third kappa shape index (κ3) is 4.66. The van der Waals surface area contributed by atoms with Crippen molar-refractivity contribution in [3.8, 4) is 11.5 Å². The lowest BCUT2D eigenvalue weighted by atomic mass is 10.1. The second-order valence-corrected chi connectivity index (χ2v) is 7.00. The molecule has 1 N–H and O–H groups in total. The topological polar surface area (TPSA) is 98.6 Å². The van der Waals surface area contributed by atoms with Crippen LogP contribution < -0.4 is 14.8 Å². The summed E-state index contributed by atoms with van der Waals surface area (Å²) in [5, 5.41) is 9.95. The third-order valence-electron chi connectivity index (χ3n) is 4.92. The van der Waals surface area contributed by atoms with Gasteiger partial charge in [-0.1, -0.05) is 5.21 Å². The number of rotatable bonds is 7. The SMILES string of the molecule is CNC(=O)c1cn(C[C@@H]2CC(F)(F)CN2C(=O)Cc2cc(OC)ccc2OC)nn1. The largest absolute Gasteiger partial charge is 0.497 e. The van der Waals surface area contributed by atoms with Crippen LogP contribution in [0, 0.1) is 0 Å². The van der Waals surface area contributed by atoms with E-state index in [1.807, 2.05) is 0 Å². The Hall–Kier alpha value is -3.24. The lowest BCUT2D eigenvalue weighted by Crippen LogP contribution is -2.39. The minimum absolute atomic E-state index is 0.000565. The zero-order valence-electron chi connectivity index (χ0n) is 16.9. The number of nitrogens with zero attached hydrogens (tertiary/aromatic N) is 4. The minimum atomic E-state index is -3.01. The summed E-state index contributed by atoms with van der Waals surface area (Å²) in [4.78, 5) is 25.7. The van der Waals surface area contributed by atoms with Crippen LogP contribution in [0.1, 0.15) is 22.5 Å². The van der Waals surface area contributed by atoms with Gasteiger partial charge in [0.25, 0.3) is 11.8 Å². The zero-order chi connectivity index (χ0) is 21.9. The van der Waals surface area contributed by atoms with Crippen molar-refractivity contribution in [1.29, 1.82) is 0 Å². The number of methoxy groups -OCH3 is 2. The van der Waals surface area contributed by atoms with Crippen LogP contribution in [-0.2, 0) is 17.8 Å². The summed E-state index contributed by atoms with van der Waals surface area (Å²) in [5.41, 5.74) is 0.611. The van der Waals surface area contributed by atoms with E-state index in [9.17, 15) is 18.4 Å². The highest BCUT2D eigenvalue weighted by Crippen LogP contribution is 2.34. The molecule has 0 spiro atoms. The number of hydrogen-bond donors (Lipinski definition) is 1. The molecule has 2 aromatic rings. The molecule has 0 bridgehead atoms. The van der Waals surface area contributed by atoms with Crippen molar-refractivity contribution >= 4 is 11.8 Å². The van der Waals surface area contributed by atoms with Gasteiger partial charge in [-0.2, -0.15) is 0 Å². The van der Waals surface area contributed by atoms with E-state index in [4.69, 9.17) is 9.47 Å². The Kier molecular flexibility index (Phi) is 6.18. The highest BCUT2D eigenvalue weighted by molar-refractivity contribution is 5.91. The molecule has 1 saturated heterocycles. The molecule has 9 nitrogen and oxygen atoms in total. The molecule has 1 aromatic carbocycles. The van der Waals surface area contributed by atoms with Gasteiger partial charge in [-0.25, -0.2) is 13.5 Å². The number of amides is 2. The predicted molar refractivity (Wildman–Crippen MR) is 102 cm³/mol. The first-order valence-corrected chi connectivity index (χ1v) is 9.26. The lowest BCUT2D eigenvalue weighted by molar-refractivity contribution is -0.132. The molecule has 0 saturated carbocycles. The average molecular weight is 423 g/mol. The number of ether oxygens (including phenoxy) is 2. The molecule has 1 fully saturated rings. The lowest BCUT2D eigenvalue weighted by Gasteiger charge is -2.24. The maximum atomic E-state index is 14.2. The van der Waals surface area contributed by atoms with Crippen molar-refractivity contribution in [3.63, 3.8) is 0 Å². The van der Waals surface area contributed by atoms with Crippen molar-refractivity contribution in [3.05, 3.63) is 35.7 Å². The Balaban J connectivity index is 1.78. The summed E-state index contributed by atoms with van der Waals surface area (Å²) >= 11 is 0. The van der Waals surface area contributed by atoms with Crippen molar-refractivity contribution in [2.24, 2.45) is 0 Å². The summed E-state index contributed by atoms with van der Waals surface area (Å²) in [6, 6.07) is 4.21. The Labute approximate surface area is 171 Å². The monoisotopic (exact) mass is 423 g/mol. The molecule has 1 aliphatic rings. The van der Waals surface area contributed by atoms with Crippen LogP contribution in [0.4, 0.5) is 8.78 Å². The van der Waals surface area contributed by atoms with E-state index in [1.165, 1.54) is 32.1 Å². The molecular formula is C19H23F2N5O4. The van der Waals surface area contributed by atoms with Gasteiger partial charge in [-0.15, -0.1) is 5.10 Å². The number of alkyl halides is 2. The number of hydrogen-bond acceptors (Lipinski definition) is 6. The van der Waals surface area contributed by atoms with E-state index in [-0.39, 0.29) is 18.7 Å². The Bertz CT molecular complexity index is 933. The maximum Gasteiger partial charge on any atom is 0.273 e. The molecule has 1 aromatic heterocycles. The predicted octanol–water partition coefficient (Wildman–Crippen LogP) is 1.13. The molecule has 162 valence electrons. The van der Waals surface area contributed by atoms with E-state index < -0.39 is 36.7 Å². The van der Waals surface area contributed by atoms with Crippen molar-refractivity contribution in [1.82, 2.24) is 25.2 Å². The normalized spacial score (nSPS) is 17.6. The van der Waals surface area contributed by atoms with Crippen LogP contribution in [0.2, 0.25) is 0 Å². The van der Waals surface area contributed by atoms with Gasteiger partial charge in [0, 0.05) is 19.0 Å². The summed E-state index contributed by atoms with van der Waals surface area (Å²) in [7, 11) is 4.42. The van der Waals surface area contributed by atoms with Gasteiger partial charge in [0.2, 0.25) is 5.91 Å². The van der Waals surface area contributed by atoms with Gasteiger partial charge < -0.3 is 19.7 Å². The molecule has 1 aliphatic heterocycles. The molecule has 3 rings (SSSR count). The zero-order valence-corrected chi connectivity index (χ0v) is 16.9. The summed E-state index contributed by atoms with van der Waals surface area (Å²) in [6.07, 6.45) is 0.750. The number of halogens is 2. The number of carbonyl (C=O) groups is 2. The van der Waals surface area contributed by atoms with E-state index >= 15 is 0 Å². The first-order chi connectivity index (χ1) is 14.3. The number of nitrogens with one attached hydrogen (secondary N) is 1. The Morgan fingerprint density at radius 2 is 2.07 bits per heavy atom. The maximum absolute atomic E-state index is 14.2. The molecule has 1 atom stereocenters. The molecular weight excluding hydrogens is 400 g/mol. The quantitative estimate of drug-likeness (QED) is 0.717. The molecule has 0 aliphatic carbocycles. The molecule has 2 amide bonds. The highest BCUT2D eigenvalue weighted by Gasteiger charge is 2.47. The fourth-order valence-electron chi connectivity index (χ4n) is 3.47. The second kappa shape index (κ2) is 8.64. The van der Waals surface area contributed by atoms with Crippen molar-refractivity contribution < 1.29 is 27.8 Å². The van der Waals surface area contributed by atoms with Crippen LogP contribution in [-0.4, -0.2) is 71.5 Å². The van der Waals surface area contributed by atoms with Crippen molar-refractivity contribution in [2.75, 3.05) is 27.8 Å². The number of likely N-dealkylation sites (tertiary alicyclic amines) is 1. The van der Waals surface area contributed by atoms with E-state index in [1.54, 1.807) is 18.2 Å². The van der Waals surface area contributed by atoms with Crippen LogP contribution in [0.5, 0.6) is 11.5 Å². The summed E-state index contributed by atoms with van der Waals surface area (Å²) in [6.45, 7) is -0.680. The van der Waals surface area contributed by atoms with Gasteiger partial charge in [0.15, 0.2) is 5.69 Å². The van der Waals surface area contributed by atoms with Crippen LogP contribution in [0.15, 0.2) is 24.4 Å². The third-order valence-corrected chi connectivity index (χ3v) is 4.92. The molecule has 2 heterocycles. The summed E-state index contributed by atoms with van der Waals surface area (Å²) in [5.74, 6) is -2.90. The van der Waals surface area contributed by atoms with Gasteiger partial charge in [-0.05, 0) is 18.2 Å². The molecule has 0 radical (unpaired) electrons. The number of aromatic nitrogens is 3. The van der Waals surface area contributed by atoms with E-state index in [0.717, 1.165) is 4.90 Å². The molecule has 0 unspecified atom stereocenters. The molecule has 11 heteroatoms. The Morgan fingerprint density at radius 1 is 1.30 bits per heavy atom. The molecule has 30 heavy (non-hydrogen) atoms. The van der Waals surface area contributed by atoms with Crippen LogP contribution in [0.25, 0.3) is 0 Å². The first kappa shape index (κ1) is 21.5. The fourth-order valence-corrected chi connectivity index (χ4v) is 3.47. The van der Waals surface area contributed by atoms with Crippen LogP contribution in [0.3, 0.4) is 0 Å². The smallest absolute Gasteiger partial charge is 0.273 e. The minimum Gasteiger partial charge on any atom is -0.497 e. The highest BCUT2D eigenvalue weighted by atomic mass is 19.3. The second-order valence-electron chi connectivity index (χ2n) is 7.00.